The largest absolute Gasteiger partial charge is 0.480 e. The van der Waals surface area contributed by atoms with E-state index < -0.39 is 23.2 Å². The average molecular weight is 303 g/mol. The molecule has 118 valence electrons. The van der Waals surface area contributed by atoms with Gasteiger partial charge in [0, 0.05) is 0 Å². The Kier molecular flexibility index (Phi) is 5.39. The number of benzene rings is 1. The number of hydrogen-bond donors (Lipinski definition) is 2. The lowest BCUT2D eigenvalue weighted by molar-refractivity contribution is -0.143. The lowest BCUT2D eigenvalue weighted by Gasteiger charge is -2.23. The van der Waals surface area contributed by atoms with E-state index in [-0.39, 0.29) is 5.92 Å². The minimum absolute atomic E-state index is 0.0680. The molecule has 1 rings (SSSR count). The first-order valence-corrected chi connectivity index (χ1v) is 6.71. The Morgan fingerprint density at radius 3 is 2.24 bits per heavy atom. The normalized spacial score (nSPS) is 16.3. The van der Waals surface area contributed by atoms with Gasteiger partial charge in [-0.05, 0) is 49.8 Å². The molecule has 0 aliphatic rings. The fourth-order valence-electron chi connectivity index (χ4n) is 2.19. The summed E-state index contributed by atoms with van der Waals surface area (Å²) in [6.45, 7) is 3.35. The number of carbonyl (C=O) groups is 1. The number of halogens is 3. The third-order valence-corrected chi connectivity index (χ3v) is 3.47. The molecular weight excluding hydrogens is 283 g/mol. The van der Waals surface area contributed by atoms with E-state index in [1.54, 1.807) is 0 Å². The molecule has 3 nitrogen and oxygen atoms in total. The van der Waals surface area contributed by atoms with E-state index in [0.29, 0.717) is 19.3 Å². The SMILES string of the molecule is CC(CCc1ccc(C(F)(F)F)cc1)CC(C)(N)C(=O)O. The van der Waals surface area contributed by atoms with Crippen LogP contribution in [-0.2, 0) is 17.4 Å². The Bertz CT molecular complexity index is 481. The summed E-state index contributed by atoms with van der Waals surface area (Å²) in [6.07, 6.45) is -2.74. The van der Waals surface area contributed by atoms with Crippen molar-refractivity contribution in [1.82, 2.24) is 0 Å². The van der Waals surface area contributed by atoms with Crippen LogP contribution in [0.25, 0.3) is 0 Å². The van der Waals surface area contributed by atoms with Gasteiger partial charge in [0.25, 0.3) is 0 Å². The van der Waals surface area contributed by atoms with Crippen LogP contribution in [0.2, 0.25) is 0 Å². The summed E-state index contributed by atoms with van der Waals surface area (Å²) in [6, 6.07) is 5.03. The van der Waals surface area contributed by atoms with E-state index in [1.165, 1.54) is 19.1 Å². The first-order chi connectivity index (χ1) is 9.52. The van der Waals surface area contributed by atoms with E-state index in [1.807, 2.05) is 6.92 Å². The monoisotopic (exact) mass is 303 g/mol. The van der Waals surface area contributed by atoms with Gasteiger partial charge in [0.15, 0.2) is 0 Å². The van der Waals surface area contributed by atoms with Gasteiger partial charge < -0.3 is 10.8 Å². The molecular formula is C15H20F3NO2. The molecule has 0 aliphatic heterocycles. The minimum Gasteiger partial charge on any atom is -0.480 e. The molecule has 0 bridgehead atoms. The predicted octanol–water partition coefficient (Wildman–Crippen LogP) is 3.47. The molecule has 2 atom stereocenters. The topological polar surface area (TPSA) is 63.3 Å². The molecule has 0 saturated heterocycles. The standard InChI is InChI=1S/C15H20F3NO2/c1-10(9-14(2,19)13(20)21)3-4-11-5-7-12(8-6-11)15(16,17)18/h5-8,10H,3-4,9,19H2,1-2H3,(H,20,21). The summed E-state index contributed by atoms with van der Waals surface area (Å²) in [4.78, 5) is 10.9. The Balaban J connectivity index is 2.54. The van der Waals surface area contributed by atoms with Crippen LogP contribution in [0.15, 0.2) is 24.3 Å². The maximum Gasteiger partial charge on any atom is 0.416 e. The Labute approximate surface area is 122 Å². The summed E-state index contributed by atoms with van der Waals surface area (Å²) in [5.74, 6) is -0.984. The zero-order chi connectivity index (χ0) is 16.3. The summed E-state index contributed by atoms with van der Waals surface area (Å²) in [7, 11) is 0. The van der Waals surface area contributed by atoms with Gasteiger partial charge >= 0.3 is 12.1 Å². The number of hydrogen-bond acceptors (Lipinski definition) is 2. The van der Waals surface area contributed by atoms with Gasteiger partial charge in [-0.15, -0.1) is 0 Å². The molecule has 0 aromatic heterocycles. The van der Waals surface area contributed by atoms with E-state index >= 15 is 0 Å². The maximum absolute atomic E-state index is 12.4. The van der Waals surface area contributed by atoms with Gasteiger partial charge in [0.2, 0.25) is 0 Å². The van der Waals surface area contributed by atoms with Gasteiger partial charge in [-0.3, -0.25) is 4.79 Å². The predicted molar refractivity (Wildman–Crippen MR) is 73.8 cm³/mol. The Morgan fingerprint density at radius 2 is 1.81 bits per heavy atom. The number of carboxylic acid groups (broad SMARTS) is 1. The third kappa shape index (κ3) is 5.38. The van der Waals surface area contributed by atoms with E-state index in [0.717, 1.165) is 17.7 Å². The molecule has 0 aliphatic carbocycles. The molecule has 0 amide bonds. The van der Waals surface area contributed by atoms with Crippen molar-refractivity contribution in [2.75, 3.05) is 0 Å². The number of rotatable bonds is 6. The van der Waals surface area contributed by atoms with Crippen LogP contribution in [0.5, 0.6) is 0 Å². The lowest BCUT2D eigenvalue weighted by Crippen LogP contribution is -2.46. The molecule has 1 aromatic carbocycles. The molecule has 2 unspecified atom stereocenters. The molecule has 0 radical (unpaired) electrons. The van der Waals surface area contributed by atoms with E-state index in [9.17, 15) is 18.0 Å². The van der Waals surface area contributed by atoms with Crippen molar-refractivity contribution in [2.45, 2.75) is 44.8 Å². The highest BCUT2D eigenvalue weighted by Gasteiger charge is 2.30. The number of aryl methyl sites for hydroxylation is 1. The smallest absolute Gasteiger partial charge is 0.416 e. The van der Waals surface area contributed by atoms with E-state index in [4.69, 9.17) is 10.8 Å². The van der Waals surface area contributed by atoms with Gasteiger partial charge in [-0.1, -0.05) is 19.1 Å². The molecule has 6 heteroatoms. The molecule has 0 heterocycles. The Hall–Kier alpha value is -1.56. The van der Waals surface area contributed by atoms with Crippen molar-refractivity contribution in [3.05, 3.63) is 35.4 Å². The lowest BCUT2D eigenvalue weighted by atomic mass is 9.87. The Morgan fingerprint density at radius 1 is 1.29 bits per heavy atom. The number of alkyl halides is 3. The highest BCUT2D eigenvalue weighted by molar-refractivity contribution is 5.77. The van der Waals surface area contributed by atoms with Crippen molar-refractivity contribution in [1.29, 1.82) is 0 Å². The minimum atomic E-state index is -4.32. The van der Waals surface area contributed by atoms with E-state index in [2.05, 4.69) is 0 Å². The van der Waals surface area contributed by atoms with Crippen molar-refractivity contribution < 1.29 is 23.1 Å². The molecule has 3 N–H and O–H groups in total. The first-order valence-electron chi connectivity index (χ1n) is 6.71. The third-order valence-electron chi connectivity index (χ3n) is 3.47. The van der Waals surface area contributed by atoms with Crippen LogP contribution in [-0.4, -0.2) is 16.6 Å². The number of carboxylic acids is 1. The van der Waals surface area contributed by atoms with Crippen molar-refractivity contribution in [2.24, 2.45) is 11.7 Å². The molecule has 0 spiro atoms. The van der Waals surface area contributed by atoms with Crippen LogP contribution >= 0.6 is 0 Å². The van der Waals surface area contributed by atoms with Gasteiger partial charge in [0.1, 0.15) is 5.54 Å². The fourth-order valence-corrected chi connectivity index (χ4v) is 2.19. The van der Waals surface area contributed by atoms with Gasteiger partial charge in [-0.25, -0.2) is 0 Å². The second-order valence-corrected chi connectivity index (χ2v) is 5.77. The average Bonchev–Trinajstić information content (AvgIpc) is 2.35. The second kappa shape index (κ2) is 6.47. The van der Waals surface area contributed by atoms with Gasteiger partial charge in [-0.2, -0.15) is 13.2 Å². The summed E-state index contributed by atoms with van der Waals surface area (Å²) < 4.78 is 37.3. The fraction of sp³-hybridized carbons (Fsp3) is 0.533. The zero-order valence-corrected chi connectivity index (χ0v) is 12.1. The van der Waals surface area contributed by atoms with Gasteiger partial charge in [0.05, 0.1) is 5.56 Å². The molecule has 21 heavy (non-hydrogen) atoms. The van der Waals surface area contributed by atoms with Crippen LogP contribution in [0.4, 0.5) is 13.2 Å². The number of nitrogens with two attached hydrogens (primary N) is 1. The summed E-state index contributed by atoms with van der Waals surface area (Å²) >= 11 is 0. The summed E-state index contributed by atoms with van der Waals surface area (Å²) in [5.41, 5.74) is 4.52. The highest BCUT2D eigenvalue weighted by atomic mass is 19.4. The van der Waals surface area contributed by atoms with Crippen molar-refractivity contribution >= 4 is 5.97 Å². The highest BCUT2D eigenvalue weighted by Crippen LogP contribution is 2.29. The molecule has 0 saturated carbocycles. The second-order valence-electron chi connectivity index (χ2n) is 5.77. The first kappa shape index (κ1) is 17.5. The van der Waals surface area contributed by atoms with Crippen molar-refractivity contribution in [3.8, 4) is 0 Å². The number of aliphatic carboxylic acids is 1. The summed E-state index contributed by atoms with van der Waals surface area (Å²) in [5, 5.41) is 8.95. The molecule has 0 fully saturated rings. The van der Waals surface area contributed by atoms with Crippen LogP contribution in [0.1, 0.15) is 37.8 Å². The van der Waals surface area contributed by atoms with Crippen LogP contribution in [0, 0.1) is 5.92 Å². The van der Waals surface area contributed by atoms with Crippen LogP contribution < -0.4 is 5.73 Å². The van der Waals surface area contributed by atoms with Crippen LogP contribution in [0.3, 0.4) is 0 Å². The van der Waals surface area contributed by atoms with Crippen molar-refractivity contribution in [3.63, 3.8) is 0 Å². The maximum atomic E-state index is 12.4. The zero-order valence-electron chi connectivity index (χ0n) is 12.1. The molecule has 1 aromatic rings. The quantitative estimate of drug-likeness (QED) is 0.846.